The summed E-state index contributed by atoms with van der Waals surface area (Å²) < 4.78 is 0. The smallest absolute Gasteiger partial charge is 0.248 e. The highest BCUT2D eigenvalue weighted by Crippen LogP contribution is 2.28. The van der Waals surface area contributed by atoms with E-state index in [9.17, 15) is 4.79 Å². The van der Waals surface area contributed by atoms with Crippen molar-refractivity contribution in [3.8, 4) is 0 Å². The first kappa shape index (κ1) is 16.6. The Balaban J connectivity index is 1.76. The summed E-state index contributed by atoms with van der Waals surface area (Å²) in [5, 5.41) is 0. The minimum atomic E-state index is -0.350. The molecular weight excluding hydrogens is 296 g/mol. The molecule has 0 saturated heterocycles. The fourth-order valence-corrected chi connectivity index (χ4v) is 3.64. The first-order valence-electron chi connectivity index (χ1n) is 8.88. The van der Waals surface area contributed by atoms with E-state index in [1.165, 1.54) is 35.2 Å². The number of amides is 1. The van der Waals surface area contributed by atoms with E-state index in [1.807, 2.05) is 18.2 Å². The van der Waals surface area contributed by atoms with Gasteiger partial charge in [-0.05, 0) is 66.1 Å². The minimum absolute atomic E-state index is 0.350. The van der Waals surface area contributed by atoms with E-state index in [4.69, 9.17) is 5.73 Å². The fraction of sp³-hybridized carbons (Fsp3) is 0.381. The number of nitrogens with zero attached hydrogens (tertiary/aromatic N) is 1. The molecule has 3 rings (SSSR count). The van der Waals surface area contributed by atoms with E-state index in [1.54, 1.807) is 0 Å². The van der Waals surface area contributed by atoms with Crippen molar-refractivity contribution in [2.45, 2.75) is 45.6 Å². The van der Waals surface area contributed by atoms with Gasteiger partial charge in [-0.3, -0.25) is 4.79 Å². The van der Waals surface area contributed by atoms with Crippen molar-refractivity contribution in [3.05, 3.63) is 64.7 Å². The van der Waals surface area contributed by atoms with E-state index >= 15 is 0 Å². The Kier molecular flexibility index (Phi) is 4.89. The van der Waals surface area contributed by atoms with Gasteiger partial charge < -0.3 is 10.6 Å². The van der Waals surface area contributed by atoms with E-state index in [2.05, 4.69) is 43.0 Å². The average molecular weight is 322 g/mol. The van der Waals surface area contributed by atoms with Crippen LogP contribution in [0.25, 0.3) is 0 Å². The molecule has 3 nitrogen and oxygen atoms in total. The summed E-state index contributed by atoms with van der Waals surface area (Å²) in [5.74, 6) is 0.311. The molecule has 3 heteroatoms. The molecule has 0 spiro atoms. The molecule has 0 radical (unpaired) electrons. The molecule has 0 atom stereocenters. The molecule has 2 aromatic carbocycles. The number of benzene rings is 2. The third kappa shape index (κ3) is 3.30. The zero-order valence-corrected chi connectivity index (χ0v) is 14.6. The van der Waals surface area contributed by atoms with E-state index < -0.39 is 0 Å². The number of nitrogens with two attached hydrogens (primary N) is 1. The molecule has 2 aromatic rings. The van der Waals surface area contributed by atoms with Gasteiger partial charge in [0, 0.05) is 24.3 Å². The van der Waals surface area contributed by atoms with Crippen LogP contribution < -0.4 is 10.6 Å². The average Bonchev–Trinajstić information content (AvgIpc) is 2.62. The third-order valence-corrected chi connectivity index (χ3v) is 5.22. The molecule has 0 fully saturated rings. The summed E-state index contributed by atoms with van der Waals surface area (Å²) in [5.41, 5.74) is 11.2. The number of rotatable bonds is 5. The minimum Gasteiger partial charge on any atom is -0.367 e. The van der Waals surface area contributed by atoms with Crippen molar-refractivity contribution < 1.29 is 4.79 Å². The van der Waals surface area contributed by atoms with Gasteiger partial charge in [0.15, 0.2) is 0 Å². The van der Waals surface area contributed by atoms with Gasteiger partial charge >= 0.3 is 0 Å². The number of carbonyl (C=O) groups excluding carboxylic acids is 1. The van der Waals surface area contributed by atoms with Gasteiger partial charge in [-0.2, -0.15) is 0 Å². The van der Waals surface area contributed by atoms with Crippen LogP contribution in [-0.2, 0) is 13.0 Å². The molecular formula is C21H26N2O. The molecule has 2 N–H and O–H groups in total. The van der Waals surface area contributed by atoms with Crippen LogP contribution in [0.4, 0.5) is 5.69 Å². The Morgan fingerprint density at radius 1 is 1.08 bits per heavy atom. The van der Waals surface area contributed by atoms with Gasteiger partial charge in [-0.15, -0.1) is 0 Å². The molecule has 24 heavy (non-hydrogen) atoms. The Labute approximate surface area is 144 Å². The van der Waals surface area contributed by atoms with Gasteiger partial charge in [-0.25, -0.2) is 0 Å². The Hall–Kier alpha value is -2.29. The lowest BCUT2D eigenvalue weighted by atomic mass is 9.93. The Morgan fingerprint density at radius 3 is 2.42 bits per heavy atom. The fourth-order valence-electron chi connectivity index (χ4n) is 3.64. The molecule has 0 aromatic heterocycles. The third-order valence-electron chi connectivity index (χ3n) is 5.22. The topological polar surface area (TPSA) is 46.3 Å². The SMILES string of the molecule is CCC(CC)c1ccc(N2CCc3cc(C(N)=O)ccc3C2)cc1. The van der Waals surface area contributed by atoms with Crippen LogP contribution in [0.5, 0.6) is 0 Å². The zero-order valence-electron chi connectivity index (χ0n) is 14.6. The normalized spacial score (nSPS) is 13.9. The van der Waals surface area contributed by atoms with Crippen LogP contribution in [0, 0.1) is 0 Å². The summed E-state index contributed by atoms with van der Waals surface area (Å²) in [7, 11) is 0. The lowest BCUT2D eigenvalue weighted by molar-refractivity contribution is 0.1000. The van der Waals surface area contributed by atoms with Gasteiger partial charge in [0.05, 0.1) is 0 Å². The number of primary amides is 1. The molecule has 0 saturated carbocycles. The molecule has 0 unspecified atom stereocenters. The van der Waals surface area contributed by atoms with Crippen molar-refractivity contribution >= 4 is 11.6 Å². The highest BCUT2D eigenvalue weighted by atomic mass is 16.1. The number of carbonyl (C=O) groups is 1. The monoisotopic (exact) mass is 322 g/mol. The summed E-state index contributed by atoms with van der Waals surface area (Å²) in [4.78, 5) is 13.7. The molecule has 0 aliphatic carbocycles. The van der Waals surface area contributed by atoms with Crippen molar-refractivity contribution in [2.24, 2.45) is 5.73 Å². The van der Waals surface area contributed by atoms with Gasteiger partial charge in [0.25, 0.3) is 0 Å². The maximum atomic E-state index is 11.3. The van der Waals surface area contributed by atoms with Crippen LogP contribution in [-0.4, -0.2) is 12.5 Å². The molecule has 1 aliphatic rings. The summed E-state index contributed by atoms with van der Waals surface area (Å²) >= 11 is 0. The maximum Gasteiger partial charge on any atom is 0.248 e. The number of anilines is 1. The quantitative estimate of drug-likeness (QED) is 0.894. The highest BCUT2D eigenvalue weighted by Gasteiger charge is 2.18. The van der Waals surface area contributed by atoms with E-state index in [-0.39, 0.29) is 5.91 Å². The zero-order chi connectivity index (χ0) is 17.1. The van der Waals surface area contributed by atoms with E-state index in [0.29, 0.717) is 11.5 Å². The molecule has 126 valence electrons. The number of hydrogen-bond acceptors (Lipinski definition) is 2. The second-order valence-electron chi connectivity index (χ2n) is 6.62. The van der Waals surface area contributed by atoms with Crippen LogP contribution in [0.15, 0.2) is 42.5 Å². The van der Waals surface area contributed by atoms with Crippen molar-refractivity contribution in [2.75, 3.05) is 11.4 Å². The van der Waals surface area contributed by atoms with Crippen LogP contribution in [0.2, 0.25) is 0 Å². The van der Waals surface area contributed by atoms with Gasteiger partial charge in [0.1, 0.15) is 0 Å². The number of hydrogen-bond donors (Lipinski definition) is 1. The summed E-state index contributed by atoms with van der Waals surface area (Å²) in [6.45, 7) is 6.37. The van der Waals surface area contributed by atoms with Crippen molar-refractivity contribution in [3.63, 3.8) is 0 Å². The highest BCUT2D eigenvalue weighted by molar-refractivity contribution is 5.93. The Morgan fingerprint density at radius 2 is 1.79 bits per heavy atom. The maximum absolute atomic E-state index is 11.3. The second kappa shape index (κ2) is 7.08. The predicted molar refractivity (Wildman–Crippen MR) is 99.5 cm³/mol. The molecule has 1 amide bonds. The van der Waals surface area contributed by atoms with Crippen LogP contribution in [0.3, 0.4) is 0 Å². The molecule has 1 heterocycles. The lowest BCUT2D eigenvalue weighted by Crippen LogP contribution is -2.30. The predicted octanol–water partition coefficient (Wildman–Crippen LogP) is 4.25. The molecule has 1 aliphatic heterocycles. The van der Waals surface area contributed by atoms with Crippen molar-refractivity contribution in [1.29, 1.82) is 0 Å². The summed E-state index contributed by atoms with van der Waals surface area (Å²) in [6, 6.07) is 14.9. The van der Waals surface area contributed by atoms with Gasteiger partial charge in [-0.1, -0.05) is 32.0 Å². The standard InChI is InChI=1S/C21H26N2O/c1-3-15(4-2)16-7-9-20(10-8-16)23-12-11-17-13-18(21(22)24)5-6-19(17)14-23/h5-10,13,15H,3-4,11-12,14H2,1-2H3,(H2,22,24). The number of fused-ring (bicyclic) bond motifs is 1. The lowest BCUT2D eigenvalue weighted by Gasteiger charge is -2.31. The van der Waals surface area contributed by atoms with E-state index in [0.717, 1.165) is 19.5 Å². The van der Waals surface area contributed by atoms with Crippen LogP contribution >= 0.6 is 0 Å². The second-order valence-corrected chi connectivity index (χ2v) is 6.62. The molecule has 0 bridgehead atoms. The van der Waals surface area contributed by atoms with Crippen LogP contribution in [0.1, 0.15) is 59.7 Å². The first-order chi connectivity index (χ1) is 11.6. The first-order valence-corrected chi connectivity index (χ1v) is 8.88. The van der Waals surface area contributed by atoms with Gasteiger partial charge in [0.2, 0.25) is 5.91 Å². The van der Waals surface area contributed by atoms with Crippen molar-refractivity contribution in [1.82, 2.24) is 0 Å². The Bertz CT molecular complexity index is 717. The summed E-state index contributed by atoms with van der Waals surface area (Å²) in [6.07, 6.45) is 3.33. The largest absolute Gasteiger partial charge is 0.367 e.